The van der Waals surface area contributed by atoms with Crippen LogP contribution in [0.1, 0.15) is 401 Å². The third-order valence-electron chi connectivity index (χ3n) is 18.0. The zero-order valence-corrected chi connectivity index (χ0v) is 64.5. The lowest BCUT2D eigenvalue weighted by atomic mass is 10.0. The Labute approximate surface area is 588 Å². The predicted octanol–water partition coefficient (Wildman–Crippen LogP) is 22.7. The first kappa shape index (κ1) is 94.1. The number of unbranched alkanes of at least 4 members (excludes halogenated alkanes) is 46. The van der Waals surface area contributed by atoms with Crippen molar-refractivity contribution in [2.24, 2.45) is 11.8 Å². The maximum Gasteiger partial charge on any atom is 0.472 e. The summed E-state index contributed by atoms with van der Waals surface area (Å²) in [6.45, 7) is 9.57. The van der Waals surface area contributed by atoms with E-state index in [0.717, 1.165) is 108 Å². The van der Waals surface area contributed by atoms with Gasteiger partial charge >= 0.3 is 39.5 Å². The summed E-state index contributed by atoms with van der Waals surface area (Å²) in [5, 5.41) is 10.6. The number of phosphoric ester groups is 2. The fourth-order valence-electron chi connectivity index (χ4n) is 11.8. The van der Waals surface area contributed by atoms with E-state index in [1.165, 1.54) is 212 Å². The molecule has 0 aliphatic carbocycles. The highest BCUT2D eigenvalue weighted by atomic mass is 31.2. The van der Waals surface area contributed by atoms with Crippen LogP contribution in [0.2, 0.25) is 0 Å². The van der Waals surface area contributed by atoms with Gasteiger partial charge in [-0.25, -0.2) is 9.13 Å². The van der Waals surface area contributed by atoms with Gasteiger partial charge in [-0.05, 0) is 37.5 Å². The Bertz CT molecular complexity index is 1860. The number of aliphatic hydroxyl groups is 1. The quantitative estimate of drug-likeness (QED) is 0.0222. The Morgan fingerprint density at radius 2 is 0.479 bits per heavy atom. The molecule has 0 aromatic heterocycles. The first-order valence-electron chi connectivity index (χ1n) is 40.0. The molecule has 0 spiro atoms. The third kappa shape index (κ3) is 70.5. The topological polar surface area (TPSA) is 237 Å². The molecule has 0 bridgehead atoms. The molecule has 0 aromatic rings. The van der Waals surface area contributed by atoms with Gasteiger partial charge in [0.25, 0.3) is 0 Å². The lowest BCUT2D eigenvalue weighted by Gasteiger charge is -2.21. The van der Waals surface area contributed by atoms with E-state index in [4.69, 9.17) is 37.0 Å². The van der Waals surface area contributed by atoms with E-state index in [0.29, 0.717) is 25.7 Å². The Kier molecular flexibility index (Phi) is 67.4. The Morgan fingerprint density at radius 3 is 0.708 bits per heavy atom. The molecule has 5 atom stereocenters. The van der Waals surface area contributed by atoms with Gasteiger partial charge in [-0.1, -0.05) is 350 Å². The summed E-state index contributed by atoms with van der Waals surface area (Å²) >= 11 is 0. The van der Waals surface area contributed by atoms with Crippen LogP contribution >= 0.6 is 15.6 Å². The minimum Gasteiger partial charge on any atom is -0.462 e. The highest BCUT2D eigenvalue weighted by Gasteiger charge is 2.30. The van der Waals surface area contributed by atoms with Crippen molar-refractivity contribution in [2.45, 2.75) is 419 Å². The number of phosphoric acid groups is 2. The SMILES string of the molecule is CCCCCCCCCCCCCCCCCCC(=O)O[C@H](COC(=O)CCCCCCC)COP(=O)(O)OC[C@H](O)COP(=O)(O)OC[C@@H](COC(=O)CCCCCCCCCCCCCCCCC(C)C)OC(=O)CCCCCCCCCCCCCCCCCC(C)C. The minimum atomic E-state index is -4.96. The summed E-state index contributed by atoms with van der Waals surface area (Å²) in [5.74, 6) is -0.522. The lowest BCUT2D eigenvalue weighted by molar-refractivity contribution is -0.161. The van der Waals surface area contributed by atoms with Crippen LogP contribution in [-0.2, 0) is 65.4 Å². The van der Waals surface area contributed by atoms with Crippen LogP contribution in [0.25, 0.3) is 0 Å². The number of hydrogen-bond acceptors (Lipinski definition) is 15. The number of carbonyl (C=O) groups excluding carboxylic acids is 4. The molecule has 0 radical (unpaired) electrons. The fraction of sp³-hybridized carbons (Fsp3) is 0.948. The molecule has 17 nitrogen and oxygen atoms in total. The average molecular weight is 1410 g/mol. The Morgan fingerprint density at radius 1 is 0.281 bits per heavy atom. The van der Waals surface area contributed by atoms with Gasteiger partial charge in [0, 0.05) is 25.7 Å². The molecule has 2 unspecified atom stereocenters. The maximum atomic E-state index is 13.1. The molecule has 0 aliphatic rings. The fourth-order valence-corrected chi connectivity index (χ4v) is 13.4. The maximum absolute atomic E-state index is 13.1. The second-order valence-corrected chi connectivity index (χ2v) is 31.6. The van der Waals surface area contributed by atoms with Gasteiger partial charge in [0.1, 0.15) is 19.3 Å². The lowest BCUT2D eigenvalue weighted by Crippen LogP contribution is -2.30. The molecular weight excluding hydrogens is 1260 g/mol. The molecule has 0 saturated carbocycles. The van der Waals surface area contributed by atoms with Gasteiger partial charge in [0.2, 0.25) is 0 Å². The van der Waals surface area contributed by atoms with Crippen LogP contribution in [0.15, 0.2) is 0 Å². The first-order chi connectivity index (χ1) is 46.4. The van der Waals surface area contributed by atoms with Gasteiger partial charge in [0.05, 0.1) is 26.4 Å². The molecule has 0 fully saturated rings. The van der Waals surface area contributed by atoms with Crippen LogP contribution in [0.3, 0.4) is 0 Å². The molecule has 19 heteroatoms. The van der Waals surface area contributed by atoms with Crippen molar-refractivity contribution in [1.29, 1.82) is 0 Å². The van der Waals surface area contributed by atoms with Crippen molar-refractivity contribution in [3.05, 3.63) is 0 Å². The van der Waals surface area contributed by atoms with Crippen molar-refractivity contribution in [1.82, 2.24) is 0 Å². The van der Waals surface area contributed by atoms with Crippen molar-refractivity contribution in [3.63, 3.8) is 0 Å². The molecular formula is C77H150O17P2. The number of aliphatic hydroxyl groups excluding tert-OH is 1. The summed E-state index contributed by atoms with van der Waals surface area (Å²) in [5.41, 5.74) is 0. The zero-order chi connectivity index (χ0) is 70.7. The van der Waals surface area contributed by atoms with E-state index in [9.17, 15) is 43.2 Å². The smallest absolute Gasteiger partial charge is 0.462 e. The van der Waals surface area contributed by atoms with Gasteiger partial charge in [0.15, 0.2) is 12.2 Å². The number of ether oxygens (including phenoxy) is 4. The molecule has 0 aliphatic heterocycles. The Hall–Kier alpha value is -1.94. The largest absolute Gasteiger partial charge is 0.472 e. The molecule has 570 valence electrons. The number of carbonyl (C=O) groups is 4. The van der Waals surface area contributed by atoms with E-state index < -0.39 is 97.5 Å². The molecule has 3 N–H and O–H groups in total. The van der Waals surface area contributed by atoms with Gasteiger partial charge in [-0.3, -0.25) is 37.3 Å². The van der Waals surface area contributed by atoms with Gasteiger partial charge < -0.3 is 33.8 Å². The van der Waals surface area contributed by atoms with Crippen LogP contribution in [0.4, 0.5) is 0 Å². The highest BCUT2D eigenvalue weighted by Crippen LogP contribution is 2.45. The number of hydrogen-bond donors (Lipinski definition) is 3. The molecule has 96 heavy (non-hydrogen) atoms. The van der Waals surface area contributed by atoms with Crippen LogP contribution in [-0.4, -0.2) is 96.7 Å². The van der Waals surface area contributed by atoms with Crippen molar-refractivity contribution >= 4 is 39.5 Å². The summed E-state index contributed by atoms with van der Waals surface area (Å²) < 4.78 is 68.4. The molecule has 0 aromatic carbocycles. The summed E-state index contributed by atoms with van der Waals surface area (Å²) in [6.07, 6.45) is 57.2. The van der Waals surface area contributed by atoms with Crippen LogP contribution in [0, 0.1) is 11.8 Å². The second kappa shape index (κ2) is 68.8. The summed E-state index contributed by atoms with van der Waals surface area (Å²) in [6, 6.07) is 0. The monoisotopic (exact) mass is 1410 g/mol. The highest BCUT2D eigenvalue weighted by molar-refractivity contribution is 7.47. The van der Waals surface area contributed by atoms with Crippen LogP contribution in [0.5, 0.6) is 0 Å². The summed E-state index contributed by atoms with van der Waals surface area (Å²) in [4.78, 5) is 72.6. The van der Waals surface area contributed by atoms with Crippen LogP contribution < -0.4 is 0 Å². The zero-order valence-electron chi connectivity index (χ0n) is 62.7. The molecule has 0 amide bonds. The predicted molar refractivity (Wildman–Crippen MR) is 391 cm³/mol. The van der Waals surface area contributed by atoms with E-state index in [2.05, 4.69) is 41.5 Å². The first-order valence-corrected chi connectivity index (χ1v) is 43.0. The van der Waals surface area contributed by atoms with E-state index in [-0.39, 0.29) is 25.7 Å². The van der Waals surface area contributed by atoms with Crippen molar-refractivity contribution in [2.75, 3.05) is 39.6 Å². The normalized spacial score (nSPS) is 14.0. The molecule has 0 heterocycles. The third-order valence-corrected chi connectivity index (χ3v) is 19.9. The van der Waals surface area contributed by atoms with E-state index >= 15 is 0 Å². The Balaban J connectivity index is 5.14. The molecule has 0 saturated heterocycles. The van der Waals surface area contributed by atoms with Gasteiger partial charge in [-0.15, -0.1) is 0 Å². The van der Waals surface area contributed by atoms with Crippen molar-refractivity contribution < 1.29 is 80.2 Å². The molecule has 0 rings (SSSR count). The second-order valence-electron chi connectivity index (χ2n) is 28.7. The standard InChI is InChI=1S/C77H150O17P2/c1-7-9-11-13-14-15-16-17-18-21-28-33-38-43-49-55-61-76(81)93-72(65-87-74(79)59-53-45-12-10-8-2)67-91-95(83,84)89-63-71(78)64-90-96(85,86)92-68-73(66-88-75(80)60-54-48-42-37-32-27-24-23-26-31-36-41-47-52-58-70(5)6)94-77(82)62-56-50-44-39-34-29-22-19-20-25-30-35-40-46-51-57-69(3)4/h69-73,78H,7-68H2,1-6H3,(H,83,84)(H,85,86)/t71-,72+,73+/m0/s1. The number of esters is 4. The summed E-state index contributed by atoms with van der Waals surface area (Å²) in [7, 11) is -9.90. The number of rotatable bonds is 76. The van der Waals surface area contributed by atoms with E-state index in [1.807, 2.05) is 0 Å². The van der Waals surface area contributed by atoms with Crippen molar-refractivity contribution in [3.8, 4) is 0 Å². The minimum absolute atomic E-state index is 0.107. The van der Waals surface area contributed by atoms with Gasteiger partial charge in [-0.2, -0.15) is 0 Å². The van der Waals surface area contributed by atoms with E-state index in [1.54, 1.807) is 0 Å². The average Bonchev–Trinajstić information content (AvgIpc) is 2.24.